The third-order valence-corrected chi connectivity index (χ3v) is 13.2. The number of likely N-dealkylation sites (tertiary alicyclic amines) is 2. The Hall–Kier alpha value is -6.43. The number of nitrogens with one attached hydrogen (secondary N) is 3. The van der Waals surface area contributed by atoms with Gasteiger partial charge in [0.05, 0.1) is 41.3 Å². The smallest absolute Gasteiger partial charge is 0.410 e. The number of rotatable bonds is 8. The third kappa shape index (κ3) is 6.06. The molecule has 7 aromatic rings. The summed E-state index contributed by atoms with van der Waals surface area (Å²) >= 11 is 0. The number of hydrogen-bond donors (Lipinski definition) is 3. The van der Waals surface area contributed by atoms with Crippen molar-refractivity contribution < 1.29 is 23.9 Å². The number of amides is 3. The summed E-state index contributed by atoms with van der Waals surface area (Å²) in [5.41, 5.74) is 6.82. The van der Waals surface area contributed by atoms with Crippen molar-refractivity contribution in [3.63, 3.8) is 0 Å². The molecule has 2 saturated carbocycles. The predicted molar refractivity (Wildman–Crippen MR) is 224 cm³/mol. The molecule has 298 valence electrons. The molecule has 3 N–H and O–H groups in total. The van der Waals surface area contributed by atoms with Gasteiger partial charge in [-0.05, 0) is 95.2 Å². The van der Waals surface area contributed by atoms with E-state index in [4.69, 9.17) is 19.4 Å². The van der Waals surface area contributed by atoms with Crippen molar-refractivity contribution in [3.05, 3.63) is 108 Å². The van der Waals surface area contributed by atoms with E-state index in [2.05, 4.69) is 69.9 Å². The van der Waals surface area contributed by atoms with Crippen LogP contribution in [0, 0.1) is 17.8 Å². The molecule has 2 aliphatic heterocycles. The van der Waals surface area contributed by atoms with Crippen LogP contribution in [0.25, 0.3) is 54.7 Å². The fourth-order valence-electron chi connectivity index (χ4n) is 9.96. The van der Waals surface area contributed by atoms with E-state index in [-0.39, 0.29) is 48.7 Å². The number of aromatic amines is 2. The number of methoxy groups -OCH3 is 1. The number of aromatic nitrogens is 4. The molecule has 2 aliphatic carbocycles. The lowest BCUT2D eigenvalue weighted by Crippen LogP contribution is -2.52. The molecule has 2 saturated heterocycles. The molecule has 4 fully saturated rings. The summed E-state index contributed by atoms with van der Waals surface area (Å²) in [4.78, 5) is 60.7. The lowest BCUT2D eigenvalue weighted by molar-refractivity contribution is -0.136. The van der Waals surface area contributed by atoms with Gasteiger partial charge in [0.25, 0.3) is 0 Å². The Kier molecular flexibility index (Phi) is 8.22. The van der Waals surface area contributed by atoms with Crippen LogP contribution in [-0.2, 0) is 20.9 Å². The molecule has 0 spiro atoms. The minimum Gasteiger partial charge on any atom is -0.453 e. The molecule has 4 aliphatic rings. The number of ether oxygens (including phenoxy) is 2. The maximum atomic E-state index is 14.0. The molecule has 7 atom stereocenters. The molecule has 3 amide bonds. The number of hydrogen-bond acceptors (Lipinski definition) is 7. The number of alkyl carbamates (subject to hydrolysis) is 1. The van der Waals surface area contributed by atoms with E-state index in [0.29, 0.717) is 11.8 Å². The average Bonchev–Trinajstić information content (AvgIpc) is 3.90. The lowest BCUT2D eigenvalue weighted by Gasteiger charge is -2.31. The molecule has 11 rings (SSSR count). The number of H-pyrrole nitrogens is 2. The molecule has 4 heterocycles. The minimum absolute atomic E-state index is 0.0901. The first-order valence-electron chi connectivity index (χ1n) is 20.7. The van der Waals surface area contributed by atoms with Crippen LogP contribution in [0.5, 0.6) is 0 Å². The van der Waals surface area contributed by atoms with Gasteiger partial charge in [0.15, 0.2) is 0 Å². The highest BCUT2D eigenvalue weighted by Crippen LogP contribution is 2.55. The van der Waals surface area contributed by atoms with Crippen LogP contribution >= 0.6 is 0 Å². The molecule has 12 nitrogen and oxygen atoms in total. The van der Waals surface area contributed by atoms with Crippen molar-refractivity contribution in [1.29, 1.82) is 0 Å². The van der Waals surface area contributed by atoms with Crippen LogP contribution in [0.3, 0.4) is 0 Å². The number of piperidine rings is 2. The first kappa shape index (κ1) is 35.7. The van der Waals surface area contributed by atoms with Crippen molar-refractivity contribution in [2.45, 2.75) is 76.3 Å². The maximum absolute atomic E-state index is 14.0. The van der Waals surface area contributed by atoms with Gasteiger partial charge in [-0.2, -0.15) is 0 Å². The van der Waals surface area contributed by atoms with E-state index in [1.807, 2.05) is 60.0 Å². The Morgan fingerprint density at radius 2 is 1.42 bits per heavy atom. The summed E-state index contributed by atoms with van der Waals surface area (Å²) in [6.07, 6.45) is 2.84. The van der Waals surface area contributed by atoms with Gasteiger partial charge in [-0.1, -0.05) is 80.6 Å². The second kappa shape index (κ2) is 13.6. The number of fused-ring (bicyclic) bond motifs is 8. The highest BCUT2D eigenvalue weighted by Gasteiger charge is 2.57. The van der Waals surface area contributed by atoms with Gasteiger partial charge in [0.2, 0.25) is 5.91 Å². The Bertz CT molecular complexity index is 2830. The van der Waals surface area contributed by atoms with Crippen LogP contribution in [0.4, 0.5) is 9.59 Å². The summed E-state index contributed by atoms with van der Waals surface area (Å²) in [5.74, 6) is 2.33. The highest BCUT2D eigenvalue weighted by atomic mass is 16.6. The number of carbonyl (C=O) groups is 3. The van der Waals surface area contributed by atoms with Crippen molar-refractivity contribution in [1.82, 2.24) is 35.1 Å². The normalized spacial score (nSPS) is 23.5. The number of benzene rings is 5. The maximum Gasteiger partial charge on any atom is 0.410 e. The van der Waals surface area contributed by atoms with Gasteiger partial charge < -0.3 is 29.7 Å². The molecule has 0 unspecified atom stereocenters. The third-order valence-electron chi connectivity index (χ3n) is 13.2. The summed E-state index contributed by atoms with van der Waals surface area (Å²) in [7, 11) is 1.31. The van der Waals surface area contributed by atoms with E-state index in [9.17, 15) is 14.4 Å². The lowest BCUT2D eigenvalue weighted by atomic mass is 9.98. The Labute approximate surface area is 340 Å². The van der Waals surface area contributed by atoms with E-state index in [1.54, 1.807) is 0 Å². The van der Waals surface area contributed by atoms with Crippen LogP contribution in [0.1, 0.15) is 68.8 Å². The summed E-state index contributed by atoms with van der Waals surface area (Å²) in [5, 5.41) is 7.06. The number of imidazole rings is 2. The summed E-state index contributed by atoms with van der Waals surface area (Å²) in [6.45, 7) is 4.12. The van der Waals surface area contributed by atoms with Crippen LogP contribution in [0.15, 0.2) is 91.0 Å². The van der Waals surface area contributed by atoms with Crippen molar-refractivity contribution in [2.24, 2.45) is 17.8 Å². The highest BCUT2D eigenvalue weighted by molar-refractivity contribution is 6.07. The largest absolute Gasteiger partial charge is 0.453 e. The minimum atomic E-state index is -0.679. The molecular weight excluding hydrogens is 743 g/mol. The van der Waals surface area contributed by atoms with Gasteiger partial charge >= 0.3 is 12.2 Å². The Morgan fingerprint density at radius 3 is 2.15 bits per heavy atom. The summed E-state index contributed by atoms with van der Waals surface area (Å²) in [6, 6.07) is 30.6. The van der Waals surface area contributed by atoms with Crippen molar-refractivity contribution >= 4 is 61.7 Å². The van der Waals surface area contributed by atoms with E-state index in [1.165, 1.54) is 7.11 Å². The molecule has 59 heavy (non-hydrogen) atoms. The second-order valence-corrected chi connectivity index (χ2v) is 17.2. The number of carbonyl (C=O) groups excluding carboxylic acids is 3. The van der Waals surface area contributed by atoms with Gasteiger partial charge in [-0.15, -0.1) is 0 Å². The average molecular weight is 788 g/mol. The predicted octanol–water partition coefficient (Wildman–Crippen LogP) is 8.93. The van der Waals surface area contributed by atoms with Crippen LogP contribution in [-0.4, -0.2) is 73.1 Å². The Balaban J connectivity index is 0.852. The fraction of sp³-hybridized carbons (Fsp3) is 0.340. The van der Waals surface area contributed by atoms with Crippen LogP contribution < -0.4 is 5.32 Å². The topological polar surface area (TPSA) is 146 Å². The van der Waals surface area contributed by atoms with Crippen molar-refractivity contribution in [2.75, 3.05) is 7.11 Å². The second-order valence-electron chi connectivity index (χ2n) is 17.2. The number of nitrogens with zero attached hydrogens (tertiary/aromatic N) is 4. The first-order chi connectivity index (χ1) is 28.7. The molecular formula is C47H45N7O5. The van der Waals surface area contributed by atoms with Gasteiger partial charge in [-0.3, -0.25) is 9.69 Å². The van der Waals surface area contributed by atoms with E-state index < -0.39 is 12.1 Å². The first-order valence-corrected chi connectivity index (χ1v) is 20.7. The zero-order chi connectivity index (χ0) is 40.1. The van der Waals surface area contributed by atoms with E-state index >= 15 is 0 Å². The molecule has 12 heteroatoms. The monoisotopic (exact) mass is 787 g/mol. The SMILES string of the molecule is COC(=O)N[C@H](C(=O)N1[C@@H]2C[C@@H]2C[C@H]1c1nc2ccc3cc(-c4ccc5c(ccc6[nH]c([C@@H]7C[C@H]8C[C@H]8N7C(=O)OCc7ccccc7)nc65)c4)ccc3c2[nH]1)C(C)C. The standard InChI is InChI=1S/C47H45N7O5/c1-24(2)40(52-46(56)58-3)45(55)53-36-19-30(36)21-38(53)43-48-34-15-11-28-17-26(9-13-32(28)41(34)50-43)27-10-14-33-29(18-27)12-16-35-42(33)51-44(49-35)39-22-31-20-37(31)54(39)47(57)59-23-25-7-5-4-6-8-25/h4-18,24,30-31,36-40H,19-23H2,1-3H3,(H,48,50)(H,49,51)(H,52,56)/t30-,31-,36-,37-,38+,39+,40+/m1/s1. The Morgan fingerprint density at radius 1 is 0.763 bits per heavy atom. The molecule has 5 aromatic carbocycles. The molecule has 0 bridgehead atoms. The zero-order valence-corrected chi connectivity index (χ0v) is 33.1. The molecule has 2 aromatic heterocycles. The molecule has 0 radical (unpaired) electrons. The van der Waals surface area contributed by atoms with Gasteiger partial charge in [0.1, 0.15) is 24.3 Å². The summed E-state index contributed by atoms with van der Waals surface area (Å²) < 4.78 is 10.6. The fourth-order valence-corrected chi connectivity index (χ4v) is 9.96. The van der Waals surface area contributed by atoms with Crippen LogP contribution in [0.2, 0.25) is 0 Å². The quantitative estimate of drug-likeness (QED) is 0.139. The zero-order valence-electron chi connectivity index (χ0n) is 33.1. The van der Waals surface area contributed by atoms with Crippen molar-refractivity contribution in [3.8, 4) is 11.1 Å². The van der Waals surface area contributed by atoms with Gasteiger partial charge in [-0.25, -0.2) is 19.6 Å². The van der Waals surface area contributed by atoms with Gasteiger partial charge in [0, 0.05) is 22.9 Å². The van der Waals surface area contributed by atoms with E-state index in [0.717, 1.165) is 97.6 Å².